The van der Waals surface area contributed by atoms with Gasteiger partial charge in [0.2, 0.25) is 0 Å². The van der Waals surface area contributed by atoms with Crippen LogP contribution in [0.5, 0.6) is 5.75 Å². The summed E-state index contributed by atoms with van der Waals surface area (Å²) in [7, 11) is 0. The molecule has 5 atom stereocenters. The predicted octanol–water partition coefficient (Wildman–Crippen LogP) is 2.70. The molecule has 1 aromatic carbocycles. The number of carbonyl (C=O) groups excluding carboxylic acids is 1. The molecule has 0 amide bonds. The fourth-order valence-electron chi connectivity index (χ4n) is 3.94. The van der Waals surface area contributed by atoms with E-state index in [-0.39, 0.29) is 30.6 Å². The van der Waals surface area contributed by atoms with Crippen LogP contribution >= 0.6 is 0 Å². The van der Waals surface area contributed by atoms with Gasteiger partial charge in [0.1, 0.15) is 11.4 Å². The van der Waals surface area contributed by atoms with Crippen molar-refractivity contribution >= 4 is 5.78 Å². The van der Waals surface area contributed by atoms with Crippen LogP contribution in [-0.4, -0.2) is 42.5 Å². The largest absolute Gasteiger partial charge is 0.493 e. The van der Waals surface area contributed by atoms with E-state index in [9.17, 15) is 9.18 Å². The lowest BCUT2D eigenvalue weighted by molar-refractivity contribution is -0.130. The Hall–Kier alpha value is -1.46. The minimum atomic E-state index is -1.38. The van der Waals surface area contributed by atoms with Crippen molar-refractivity contribution in [1.82, 2.24) is 0 Å². The van der Waals surface area contributed by atoms with Crippen LogP contribution in [0.4, 0.5) is 4.39 Å². The molecule has 5 heteroatoms. The van der Waals surface area contributed by atoms with Crippen LogP contribution in [0.25, 0.3) is 0 Å². The van der Waals surface area contributed by atoms with E-state index in [1.807, 2.05) is 37.3 Å². The van der Waals surface area contributed by atoms with Gasteiger partial charge in [-0.2, -0.15) is 0 Å². The smallest absolute Gasteiger partial charge is 0.167 e. The lowest BCUT2D eigenvalue weighted by Crippen LogP contribution is -2.46. The van der Waals surface area contributed by atoms with Crippen LogP contribution in [0.15, 0.2) is 30.3 Å². The van der Waals surface area contributed by atoms with Gasteiger partial charge in [-0.15, -0.1) is 0 Å². The van der Waals surface area contributed by atoms with E-state index in [0.29, 0.717) is 13.2 Å². The first-order valence-corrected chi connectivity index (χ1v) is 8.20. The van der Waals surface area contributed by atoms with E-state index in [1.54, 1.807) is 0 Å². The Morgan fingerprint density at radius 1 is 1.35 bits per heavy atom. The van der Waals surface area contributed by atoms with Gasteiger partial charge in [-0.1, -0.05) is 18.2 Å². The fourth-order valence-corrected chi connectivity index (χ4v) is 3.94. The number of hydrogen-bond donors (Lipinski definition) is 0. The second-order valence-corrected chi connectivity index (χ2v) is 6.99. The summed E-state index contributed by atoms with van der Waals surface area (Å²) in [5.74, 6) is 0.480. The topological polar surface area (TPSA) is 51.4 Å². The molecule has 2 aliphatic heterocycles. The van der Waals surface area contributed by atoms with Crippen molar-refractivity contribution in [2.45, 2.75) is 49.7 Å². The van der Waals surface area contributed by atoms with Crippen molar-refractivity contribution in [3.63, 3.8) is 0 Å². The Bertz CT molecular complexity index is 600. The first kappa shape index (κ1) is 15.1. The number of Topliss-reactive ketones (excluding diaryl/α,β-unsaturated/α-hetero) is 1. The third kappa shape index (κ3) is 2.66. The molecule has 1 aromatic rings. The van der Waals surface area contributed by atoms with Gasteiger partial charge in [-0.05, 0) is 19.1 Å². The molecule has 0 N–H and O–H groups in total. The van der Waals surface area contributed by atoms with E-state index in [2.05, 4.69) is 0 Å². The lowest BCUT2D eigenvalue weighted by atomic mass is 9.70. The van der Waals surface area contributed by atoms with Gasteiger partial charge in [0.05, 0.1) is 24.9 Å². The molecule has 0 aromatic heterocycles. The highest BCUT2D eigenvalue weighted by atomic mass is 19.1. The number of hydrogen-bond acceptors (Lipinski definition) is 4. The summed E-state index contributed by atoms with van der Waals surface area (Å²) >= 11 is 0. The molecule has 124 valence electrons. The normalized spacial score (nSPS) is 41.8. The molecule has 1 spiro atoms. The number of alkyl halides is 1. The van der Waals surface area contributed by atoms with E-state index < -0.39 is 17.4 Å². The van der Waals surface area contributed by atoms with Gasteiger partial charge in [0.25, 0.3) is 0 Å². The first-order valence-electron chi connectivity index (χ1n) is 8.20. The van der Waals surface area contributed by atoms with Crippen LogP contribution in [-0.2, 0) is 14.3 Å². The quantitative estimate of drug-likeness (QED) is 0.783. The molecule has 2 saturated heterocycles. The lowest BCUT2D eigenvalue weighted by Gasteiger charge is -2.33. The molecule has 0 bridgehead atoms. The maximum atomic E-state index is 13.7. The van der Waals surface area contributed by atoms with Gasteiger partial charge in [-0.25, -0.2) is 4.39 Å². The van der Waals surface area contributed by atoms with Crippen molar-refractivity contribution < 1.29 is 23.4 Å². The Morgan fingerprint density at radius 2 is 2.09 bits per heavy atom. The summed E-state index contributed by atoms with van der Waals surface area (Å²) in [6.07, 6.45) is -0.182. The number of para-hydroxylation sites is 1. The van der Waals surface area contributed by atoms with E-state index in [1.165, 1.54) is 0 Å². The zero-order valence-corrected chi connectivity index (χ0v) is 13.2. The van der Waals surface area contributed by atoms with Crippen molar-refractivity contribution in [2.75, 3.05) is 13.2 Å². The van der Waals surface area contributed by atoms with Crippen molar-refractivity contribution in [3.05, 3.63) is 30.3 Å². The molecule has 23 heavy (non-hydrogen) atoms. The van der Waals surface area contributed by atoms with Gasteiger partial charge in [-0.3, -0.25) is 4.79 Å². The number of carbonyl (C=O) groups is 1. The van der Waals surface area contributed by atoms with Crippen LogP contribution in [0.3, 0.4) is 0 Å². The van der Waals surface area contributed by atoms with Gasteiger partial charge in [0, 0.05) is 25.2 Å². The Balaban J connectivity index is 1.34. The maximum absolute atomic E-state index is 13.7. The summed E-state index contributed by atoms with van der Waals surface area (Å²) in [6.45, 7) is 3.11. The van der Waals surface area contributed by atoms with E-state index in [4.69, 9.17) is 14.2 Å². The Morgan fingerprint density at radius 3 is 2.78 bits per heavy atom. The summed E-state index contributed by atoms with van der Waals surface area (Å²) in [5, 5.41) is 0. The Kier molecular flexibility index (Phi) is 3.46. The number of rotatable bonds is 5. The average molecular weight is 320 g/mol. The number of benzene rings is 1. The monoisotopic (exact) mass is 320 g/mol. The zero-order chi connectivity index (χ0) is 16.1. The predicted molar refractivity (Wildman–Crippen MR) is 81.1 cm³/mol. The van der Waals surface area contributed by atoms with Crippen LogP contribution in [0.2, 0.25) is 0 Å². The standard InChI is InChI=1S/C18H21FO4/c1-17(15-9-14(20)13(19)10-18(15)11-22-18)16(23-17)7-8-21-12-5-3-2-4-6-12/h2-6,13,15-16H,7-11H2,1H3/t13?,15-,16-,17-,18+/m1/s1. The number of ketones is 1. The van der Waals surface area contributed by atoms with E-state index >= 15 is 0 Å². The van der Waals surface area contributed by atoms with Gasteiger partial charge < -0.3 is 14.2 Å². The van der Waals surface area contributed by atoms with Crippen molar-refractivity contribution in [3.8, 4) is 5.75 Å². The van der Waals surface area contributed by atoms with Crippen LogP contribution in [0, 0.1) is 5.92 Å². The second kappa shape index (κ2) is 5.28. The highest BCUT2D eigenvalue weighted by Gasteiger charge is 2.70. The van der Waals surface area contributed by atoms with Crippen molar-refractivity contribution in [1.29, 1.82) is 0 Å². The maximum Gasteiger partial charge on any atom is 0.167 e. The number of epoxide rings is 2. The third-order valence-corrected chi connectivity index (χ3v) is 5.49. The van der Waals surface area contributed by atoms with E-state index in [0.717, 1.165) is 12.2 Å². The summed E-state index contributed by atoms with van der Waals surface area (Å²) in [4.78, 5) is 11.8. The summed E-state index contributed by atoms with van der Waals surface area (Å²) < 4.78 is 30.9. The highest BCUT2D eigenvalue weighted by molar-refractivity contribution is 5.85. The molecule has 2 heterocycles. The third-order valence-electron chi connectivity index (χ3n) is 5.49. The molecule has 3 fully saturated rings. The fraction of sp³-hybridized carbons (Fsp3) is 0.611. The molecule has 0 radical (unpaired) electrons. The molecular weight excluding hydrogens is 299 g/mol. The molecular formula is C18H21FO4. The van der Waals surface area contributed by atoms with Crippen molar-refractivity contribution in [2.24, 2.45) is 5.92 Å². The summed E-state index contributed by atoms with van der Waals surface area (Å²) in [5.41, 5.74) is -0.872. The SMILES string of the molecule is C[C@]1([C@H]2CC(=O)C(F)C[C@]23CO3)O[C@@H]1CCOc1ccccc1. The second-order valence-electron chi connectivity index (χ2n) is 6.99. The average Bonchev–Trinajstić information content (AvgIpc) is 3.44. The Labute approximate surface area is 134 Å². The highest BCUT2D eigenvalue weighted by Crippen LogP contribution is 2.58. The molecule has 1 saturated carbocycles. The molecule has 3 aliphatic rings. The number of halogens is 1. The molecule has 4 rings (SSSR count). The minimum absolute atomic E-state index is 0.0428. The minimum Gasteiger partial charge on any atom is -0.493 e. The van der Waals surface area contributed by atoms with Crippen LogP contribution in [0.1, 0.15) is 26.2 Å². The number of ether oxygens (including phenoxy) is 3. The van der Waals surface area contributed by atoms with Gasteiger partial charge in [0.15, 0.2) is 12.0 Å². The first-order chi connectivity index (χ1) is 11.0. The van der Waals surface area contributed by atoms with Crippen LogP contribution < -0.4 is 4.74 Å². The molecule has 4 nitrogen and oxygen atoms in total. The zero-order valence-electron chi connectivity index (χ0n) is 13.2. The molecule has 1 aliphatic carbocycles. The summed E-state index contributed by atoms with van der Waals surface area (Å²) in [6, 6.07) is 9.65. The molecule has 1 unspecified atom stereocenters. The van der Waals surface area contributed by atoms with Gasteiger partial charge >= 0.3 is 0 Å².